The fraction of sp³-hybridized carbons (Fsp3) is 0.0417. The molecule has 0 atom stereocenters. The van der Waals surface area contributed by atoms with Crippen molar-refractivity contribution >= 4 is 41.1 Å². The second-order valence-corrected chi connectivity index (χ2v) is 7.37. The summed E-state index contributed by atoms with van der Waals surface area (Å²) in [5, 5.41) is 3.17. The third-order valence-electron chi connectivity index (χ3n) is 4.81. The maximum Gasteiger partial charge on any atom is 0.363 e. The van der Waals surface area contributed by atoms with Gasteiger partial charge in [-0.1, -0.05) is 35.9 Å². The highest BCUT2D eigenvalue weighted by atomic mass is 35.5. The smallest absolute Gasteiger partial charge is 0.363 e. The fourth-order valence-electron chi connectivity index (χ4n) is 3.27. The van der Waals surface area contributed by atoms with Crippen molar-refractivity contribution in [2.24, 2.45) is 4.99 Å². The van der Waals surface area contributed by atoms with Crippen LogP contribution >= 0.6 is 11.6 Å². The molecular weight excluding hydrogens is 432 g/mol. The molecule has 158 valence electrons. The third kappa shape index (κ3) is 3.93. The van der Waals surface area contributed by atoms with Crippen LogP contribution in [0.4, 0.5) is 5.69 Å². The van der Waals surface area contributed by atoms with Crippen LogP contribution in [0.2, 0.25) is 5.02 Å². The van der Waals surface area contributed by atoms with Crippen LogP contribution in [0.15, 0.2) is 77.4 Å². The summed E-state index contributed by atoms with van der Waals surface area (Å²) in [4.78, 5) is 29.1. The maximum absolute atomic E-state index is 12.5. The lowest BCUT2D eigenvalue weighted by molar-refractivity contribution is -0.129. The number of hydrogen-bond acceptors (Lipinski definition) is 6. The zero-order valence-corrected chi connectivity index (χ0v) is 17.3. The van der Waals surface area contributed by atoms with Gasteiger partial charge in [0.25, 0.3) is 5.91 Å². The van der Waals surface area contributed by atoms with E-state index in [1.54, 1.807) is 72.8 Å². The topological polar surface area (TPSA) is 86.2 Å². The molecule has 1 amide bonds. The van der Waals surface area contributed by atoms with E-state index in [0.29, 0.717) is 38.9 Å². The normalized spacial score (nSPS) is 15.5. The molecule has 2 aliphatic rings. The van der Waals surface area contributed by atoms with Gasteiger partial charge < -0.3 is 19.5 Å². The summed E-state index contributed by atoms with van der Waals surface area (Å²) in [5.41, 5.74) is 2.34. The monoisotopic (exact) mass is 446 g/mol. The van der Waals surface area contributed by atoms with Crippen LogP contribution in [0, 0.1) is 0 Å². The number of amides is 1. The van der Waals surface area contributed by atoms with Crippen LogP contribution in [0.25, 0.3) is 6.08 Å². The number of carbonyl (C=O) groups is 2. The molecule has 8 heteroatoms. The molecule has 0 spiro atoms. The van der Waals surface area contributed by atoms with Crippen LogP contribution < -0.4 is 14.8 Å². The number of cyclic esters (lactones) is 1. The quantitative estimate of drug-likeness (QED) is 0.465. The Hall–Kier alpha value is -4.10. The molecule has 3 aromatic carbocycles. The SMILES string of the molecule is O=C1OC(c2ccc3c(c2)OCO3)=N/C1=C/c1cccc(NC(=O)c2ccccc2Cl)c1. The van der Waals surface area contributed by atoms with Gasteiger partial charge >= 0.3 is 5.97 Å². The molecule has 0 aromatic heterocycles. The minimum absolute atomic E-state index is 0.146. The molecular formula is C24H15ClN2O5. The first kappa shape index (κ1) is 19.8. The van der Waals surface area contributed by atoms with Gasteiger partial charge in [0, 0.05) is 11.3 Å². The van der Waals surface area contributed by atoms with Crippen molar-refractivity contribution in [2.75, 3.05) is 12.1 Å². The molecule has 0 fully saturated rings. The minimum Gasteiger partial charge on any atom is -0.454 e. The summed E-state index contributed by atoms with van der Waals surface area (Å²) in [7, 11) is 0. The number of carbonyl (C=O) groups excluding carboxylic acids is 2. The van der Waals surface area contributed by atoms with E-state index < -0.39 is 5.97 Å². The molecule has 5 rings (SSSR count). The van der Waals surface area contributed by atoms with Crippen LogP contribution in [0.5, 0.6) is 11.5 Å². The van der Waals surface area contributed by atoms with E-state index in [2.05, 4.69) is 10.3 Å². The first-order chi connectivity index (χ1) is 15.6. The summed E-state index contributed by atoms with van der Waals surface area (Å²) in [5.74, 6) is 0.487. The van der Waals surface area contributed by atoms with E-state index in [1.165, 1.54) is 0 Å². The van der Waals surface area contributed by atoms with Crippen molar-refractivity contribution in [1.82, 2.24) is 0 Å². The second kappa shape index (κ2) is 8.20. The molecule has 0 aliphatic carbocycles. The number of rotatable bonds is 4. The minimum atomic E-state index is -0.567. The van der Waals surface area contributed by atoms with Gasteiger partial charge in [0.05, 0.1) is 10.6 Å². The number of anilines is 1. The second-order valence-electron chi connectivity index (χ2n) is 6.96. The van der Waals surface area contributed by atoms with Gasteiger partial charge in [0.2, 0.25) is 12.7 Å². The Labute approximate surface area is 187 Å². The zero-order chi connectivity index (χ0) is 22.1. The molecule has 2 aliphatic heterocycles. The Bertz CT molecular complexity index is 1320. The molecule has 32 heavy (non-hydrogen) atoms. The molecule has 0 unspecified atom stereocenters. The fourth-order valence-corrected chi connectivity index (χ4v) is 3.49. The number of esters is 1. The number of nitrogens with one attached hydrogen (secondary N) is 1. The lowest BCUT2D eigenvalue weighted by Crippen LogP contribution is -2.12. The van der Waals surface area contributed by atoms with Crippen molar-refractivity contribution in [3.63, 3.8) is 0 Å². The summed E-state index contributed by atoms with van der Waals surface area (Å²) >= 11 is 6.09. The summed E-state index contributed by atoms with van der Waals surface area (Å²) < 4.78 is 16.0. The van der Waals surface area contributed by atoms with Gasteiger partial charge in [-0.15, -0.1) is 0 Å². The Morgan fingerprint density at radius 2 is 1.84 bits per heavy atom. The molecule has 0 radical (unpaired) electrons. The molecule has 0 saturated carbocycles. The van der Waals surface area contributed by atoms with Crippen LogP contribution in [-0.4, -0.2) is 24.6 Å². The molecule has 7 nitrogen and oxygen atoms in total. The number of fused-ring (bicyclic) bond motifs is 1. The number of benzene rings is 3. The standard InChI is InChI=1S/C24H15ClN2O5/c25-18-7-2-1-6-17(18)22(28)26-16-5-3-4-14(10-16)11-19-24(29)32-23(27-19)15-8-9-20-21(12-15)31-13-30-20/h1-12H,13H2,(H,26,28)/b19-11+. The largest absolute Gasteiger partial charge is 0.454 e. The highest BCUT2D eigenvalue weighted by Gasteiger charge is 2.26. The van der Waals surface area contributed by atoms with Crippen molar-refractivity contribution in [1.29, 1.82) is 0 Å². The molecule has 0 saturated heterocycles. The highest BCUT2D eigenvalue weighted by molar-refractivity contribution is 6.34. The van der Waals surface area contributed by atoms with Crippen molar-refractivity contribution in [3.8, 4) is 11.5 Å². The van der Waals surface area contributed by atoms with Crippen molar-refractivity contribution in [2.45, 2.75) is 0 Å². The van der Waals surface area contributed by atoms with Gasteiger partial charge in [0.1, 0.15) is 0 Å². The van der Waals surface area contributed by atoms with E-state index in [0.717, 1.165) is 0 Å². The summed E-state index contributed by atoms with van der Waals surface area (Å²) in [6, 6.07) is 19.0. The number of ether oxygens (including phenoxy) is 3. The molecule has 3 aromatic rings. The predicted molar refractivity (Wildman–Crippen MR) is 119 cm³/mol. The lowest BCUT2D eigenvalue weighted by Gasteiger charge is -2.07. The first-order valence-corrected chi connectivity index (χ1v) is 10.0. The summed E-state index contributed by atoms with van der Waals surface area (Å²) in [6.45, 7) is 0.152. The van der Waals surface area contributed by atoms with E-state index in [9.17, 15) is 9.59 Å². The molecule has 0 bridgehead atoms. The molecule has 2 heterocycles. The highest BCUT2D eigenvalue weighted by Crippen LogP contribution is 2.33. The van der Waals surface area contributed by atoms with Gasteiger partial charge in [0.15, 0.2) is 17.2 Å². The Morgan fingerprint density at radius 3 is 2.72 bits per heavy atom. The maximum atomic E-state index is 12.5. The number of halogens is 1. The summed E-state index contributed by atoms with van der Waals surface area (Å²) in [6.07, 6.45) is 1.59. The zero-order valence-electron chi connectivity index (χ0n) is 16.5. The van der Waals surface area contributed by atoms with E-state index >= 15 is 0 Å². The van der Waals surface area contributed by atoms with Gasteiger partial charge in [-0.05, 0) is 54.1 Å². The first-order valence-electron chi connectivity index (χ1n) is 9.65. The van der Waals surface area contributed by atoms with E-state index in [1.807, 2.05) is 0 Å². The Morgan fingerprint density at radius 1 is 1.00 bits per heavy atom. The number of aliphatic imine (C=N–C) groups is 1. The van der Waals surface area contributed by atoms with Crippen LogP contribution in [0.1, 0.15) is 21.5 Å². The Kier molecular flexibility index (Phi) is 5.09. The lowest BCUT2D eigenvalue weighted by atomic mass is 10.1. The number of nitrogens with zero attached hydrogens (tertiary/aromatic N) is 1. The van der Waals surface area contributed by atoms with Crippen LogP contribution in [-0.2, 0) is 9.53 Å². The Balaban J connectivity index is 1.37. The number of hydrogen-bond donors (Lipinski definition) is 1. The van der Waals surface area contributed by atoms with Gasteiger partial charge in [-0.2, -0.15) is 0 Å². The van der Waals surface area contributed by atoms with Crippen molar-refractivity contribution < 1.29 is 23.8 Å². The predicted octanol–water partition coefficient (Wildman–Crippen LogP) is 4.67. The van der Waals surface area contributed by atoms with Crippen molar-refractivity contribution in [3.05, 3.63) is 94.1 Å². The van der Waals surface area contributed by atoms with Gasteiger partial charge in [-0.25, -0.2) is 9.79 Å². The third-order valence-corrected chi connectivity index (χ3v) is 5.14. The van der Waals surface area contributed by atoms with E-state index in [4.69, 9.17) is 25.8 Å². The van der Waals surface area contributed by atoms with Gasteiger partial charge in [-0.3, -0.25) is 4.79 Å². The van der Waals surface area contributed by atoms with E-state index in [-0.39, 0.29) is 24.3 Å². The average Bonchev–Trinajstić information content (AvgIpc) is 3.40. The molecule has 1 N–H and O–H groups in total. The average molecular weight is 447 g/mol. The van der Waals surface area contributed by atoms with Crippen LogP contribution in [0.3, 0.4) is 0 Å².